The zero-order valence-electron chi connectivity index (χ0n) is 24.7. The average Bonchev–Trinajstić information content (AvgIpc) is 3.02. The number of para-hydroxylation sites is 1. The summed E-state index contributed by atoms with van der Waals surface area (Å²) in [4.78, 5) is 63.7. The van der Waals surface area contributed by atoms with Crippen LogP contribution < -0.4 is 20.9 Å². The van der Waals surface area contributed by atoms with Gasteiger partial charge in [0.15, 0.2) is 0 Å². The normalized spacial score (nSPS) is 13.3. The zero-order chi connectivity index (χ0) is 31.5. The molecule has 3 N–H and O–H groups in total. The second kappa shape index (κ2) is 15.3. The van der Waals surface area contributed by atoms with E-state index in [9.17, 15) is 24.0 Å². The molecule has 10 nitrogen and oxygen atoms in total. The van der Waals surface area contributed by atoms with Crippen LogP contribution in [0, 0.1) is 5.92 Å². The predicted molar refractivity (Wildman–Crippen MR) is 168 cm³/mol. The number of nitrogens with zero attached hydrogens (tertiary/aromatic N) is 1. The third-order valence-electron chi connectivity index (χ3n) is 7.17. The summed E-state index contributed by atoms with van der Waals surface area (Å²) in [6, 6.07) is 21.3. The van der Waals surface area contributed by atoms with Gasteiger partial charge in [-0.3, -0.25) is 24.0 Å². The van der Waals surface area contributed by atoms with Crippen molar-refractivity contribution in [3.8, 4) is 0 Å². The summed E-state index contributed by atoms with van der Waals surface area (Å²) in [6.45, 7) is 4.13. The van der Waals surface area contributed by atoms with Gasteiger partial charge in [0.05, 0.1) is 18.8 Å². The Morgan fingerprint density at radius 1 is 0.864 bits per heavy atom. The van der Waals surface area contributed by atoms with Crippen LogP contribution in [0.3, 0.4) is 0 Å². The van der Waals surface area contributed by atoms with Gasteiger partial charge >= 0.3 is 0 Å². The summed E-state index contributed by atoms with van der Waals surface area (Å²) < 4.78 is 4.70. The number of amides is 4. The summed E-state index contributed by atoms with van der Waals surface area (Å²) in [7, 11) is 0. The van der Waals surface area contributed by atoms with E-state index in [-0.39, 0.29) is 37.8 Å². The van der Waals surface area contributed by atoms with Crippen LogP contribution >= 0.6 is 0 Å². The molecule has 0 fully saturated rings. The molecule has 0 saturated carbocycles. The molecule has 0 bridgehead atoms. The average molecular weight is 597 g/mol. The second-order valence-electron chi connectivity index (χ2n) is 10.7. The summed E-state index contributed by atoms with van der Waals surface area (Å²) in [6.07, 6.45) is 3.88. The van der Waals surface area contributed by atoms with Gasteiger partial charge in [0.1, 0.15) is 12.6 Å². The molecule has 1 aliphatic heterocycles. The Bertz CT molecular complexity index is 1530. The monoisotopic (exact) mass is 596 g/mol. The molecule has 228 valence electrons. The number of hydrogen-bond donors (Lipinski definition) is 3. The van der Waals surface area contributed by atoms with Crippen molar-refractivity contribution in [2.75, 3.05) is 16.8 Å². The highest BCUT2D eigenvalue weighted by Crippen LogP contribution is 2.29. The van der Waals surface area contributed by atoms with Crippen molar-refractivity contribution in [2.24, 2.45) is 5.92 Å². The highest BCUT2D eigenvalue weighted by molar-refractivity contribution is 5.99. The number of carbonyl (C=O) groups is 5. The Morgan fingerprint density at radius 3 is 2.27 bits per heavy atom. The molecule has 0 saturated heterocycles. The Hall–Kier alpha value is -5.25. The quantitative estimate of drug-likeness (QED) is 0.270. The first-order valence-electron chi connectivity index (χ1n) is 14.4. The molecule has 0 aromatic heterocycles. The van der Waals surface area contributed by atoms with Gasteiger partial charge < -0.3 is 25.6 Å². The van der Waals surface area contributed by atoms with E-state index in [4.69, 9.17) is 4.74 Å². The van der Waals surface area contributed by atoms with E-state index < -0.39 is 23.8 Å². The van der Waals surface area contributed by atoms with E-state index in [0.29, 0.717) is 18.7 Å². The van der Waals surface area contributed by atoms with Crippen molar-refractivity contribution >= 4 is 53.6 Å². The lowest BCUT2D eigenvalue weighted by molar-refractivity contribution is -0.131. The van der Waals surface area contributed by atoms with Crippen molar-refractivity contribution in [3.05, 3.63) is 95.1 Å². The number of benzene rings is 3. The van der Waals surface area contributed by atoms with Gasteiger partial charge in [-0.25, -0.2) is 0 Å². The van der Waals surface area contributed by atoms with Crippen molar-refractivity contribution in [3.63, 3.8) is 0 Å². The number of carbonyl (C=O) groups excluding carboxylic acids is 5. The van der Waals surface area contributed by atoms with E-state index in [0.717, 1.165) is 27.9 Å². The first-order valence-corrected chi connectivity index (χ1v) is 14.4. The van der Waals surface area contributed by atoms with Gasteiger partial charge in [-0.1, -0.05) is 80.6 Å². The van der Waals surface area contributed by atoms with Crippen molar-refractivity contribution < 1.29 is 28.7 Å². The highest BCUT2D eigenvalue weighted by atomic mass is 16.5. The molecule has 3 aromatic carbocycles. The van der Waals surface area contributed by atoms with Crippen molar-refractivity contribution in [2.45, 2.75) is 45.9 Å². The van der Waals surface area contributed by atoms with E-state index >= 15 is 0 Å². The fraction of sp³-hybridized carbons (Fsp3) is 0.265. The summed E-state index contributed by atoms with van der Waals surface area (Å²) >= 11 is 0. The van der Waals surface area contributed by atoms with Gasteiger partial charge in [0.2, 0.25) is 23.6 Å². The molecule has 1 atom stereocenters. The third kappa shape index (κ3) is 8.64. The molecule has 0 aliphatic carbocycles. The fourth-order valence-corrected chi connectivity index (χ4v) is 4.81. The van der Waals surface area contributed by atoms with Crippen molar-refractivity contribution in [1.29, 1.82) is 0 Å². The fourth-order valence-electron chi connectivity index (χ4n) is 4.81. The predicted octanol–water partition coefficient (Wildman–Crippen LogP) is 4.05. The molecule has 1 unspecified atom stereocenters. The topological polar surface area (TPSA) is 134 Å². The van der Waals surface area contributed by atoms with Crippen LogP contribution in [-0.2, 0) is 41.9 Å². The summed E-state index contributed by atoms with van der Waals surface area (Å²) in [5.74, 6) is -1.85. The first-order chi connectivity index (χ1) is 21.2. The molecule has 44 heavy (non-hydrogen) atoms. The lowest BCUT2D eigenvalue weighted by Gasteiger charge is -2.27. The Labute approximate surface area is 256 Å². The van der Waals surface area contributed by atoms with Gasteiger partial charge in [0.25, 0.3) is 6.47 Å². The smallest absolute Gasteiger partial charge is 0.293 e. The molecule has 1 heterocycles. The number of nitrogens with one attached hydrogen (secondary N) is 3. The van der Waals surface area contributed by atoms with E-state index in [1.165, 1.54) is 0 Å². The number of anilines is 2. The maximum absolute atomic E-state index is 13.5. The molecule has 0 spiro atoms. The summed E-state index contributed by atoms with van der Waals surface area (Å²) in [5.41, 5.74) is 4.97. The maximum atomic E-state index is 13.5. The van der Waals surface area contributed by atoms with E-state index in [2.05, 4.69) is 16.0 Å². The van der Waals surface area contributed by atoms with E-state index in [1.807, 2.05) is 60.7 Å². The number of rotatable bonds is 12. The Kier molecular flexibility index (Phi) is 11.0. The minimum atomic E-state index is -0.887. The lowest BCUT2D eigenvalue weighted by atomic mass is 10.0. The largest absolute Gasteiger partial charge is 0.463 e. The van der Waals surface area contributed by atoms with E-state index in [1.54, 1.807) is 43.0 Å². The lowest BCUT2D eigenvalue weighted by Crippen LogP contribution is -2.51. The summed E-state index contributed by atoms with van der Waals surface area (Å²) in [5, 5.41) is 7.98. The van der Waals surface area contributed by atoms with Gasteiger partial charge in [0, 0.05) is 18.5 Å². The SMILES string of the molecule is CC(C)C(NC(=O)CCC(=O)N1Cc2ccccc2/C=C\c2ccccc21)C(=O)NCC(=O)Nc1ccc(COC=O)cc1. The number of fused-ring (bicyclic) bond motifs is 2. The van der Waals surface area contributed by atoms with Gasteiger partial charge in [-0.2, -0.15) is 0 Å². The molecule has 4 amide bonds. The molecule has 4 rings (SSSR count). The molecule has 0 radical (unpaired) electrons. The van der Waals surface area contributed by atoms with Crippen LogP contribution in [0.25, 0.3) is 12.2 Å². The minimum absolute atomic E-state index is 0.0407. The number of ether oxygens (including phenoxy) is 1. The zero-order valence-corrected chi connectivity index (χ0v) is 24.7. The van der Waals surface area contributed by atoms with Gasteiger partial charge in [-0.05, 0) is 46.4 Å². The molecule has 1 aliphatic rings. The minimum Gasteiger partial charge on any atom is -0.463 e. The van der Waals surface area contributed by atoms with Crippen molar-refractivity contribution in [1.82, 2.24) is 10.6 Å². The molecule has 3 aromatic rings. The molecular weight excluding hydrogens is 560 g/mol. The van der Waals surface area contributed by atoms with Crippen LogP contribution in [0.1, 0.15) is 48.9 Å². The van der Waals surface area contributed by atoms with Crippen LogP contribution in [0.2, 0.25) is 0 Å². The molecule has 10 heteroatoms. The standard InChI is InChI=1S/C34H36N4O6/c1-23(2)33(34(43)35-19-31(41)36-28-15-11-24(12-16-28)21-44-22-39)37-30(40)17-18-32(42)38-20-27-9-4-3-7-25(27)13-14-26-8-5-6-10-29(26)38/h3-16,22-23,33H,17-21H2,1-2H3,(H,35,43)(H,36,41)(H,37,40)/b14-13-. The first kappa shape index (κ1) is 31.7. The van der Waals surface area contributed by atoms with Crippen LogP contribution in [0.5, 0.6) is 0 Å². The number of hydrogen-bond acceptors (Lipinski definition) is 6. The van der Waals surface area contributed by atoms with Crippen LogP contribution in [0.4, 0.5) is 11.4 Å². The molecular formula is C34H36N4O6. The Morgan fingerprint density at radius 2 is 1.55 bits per heavy atom. The van der Waals surface area contributed by atoms with Crippen LogP contribution in [-0.4, -0.2) is 42.7 Å². The highest BCUT2D eigenvalue weighted by Gasteiger charge is 2.26. The second-order valence-corrected chi connectivity index (χ2v) is 10.7. The maximum Gasteiger partial charge on any atom is 0.293 e. The van der Waals surface area contributed by atoms with Crippen LogP contribution in [0.15, 0.2) is 72.8 Å². The Balaban J connectivity index is 1.30. The third-order valence-corrected chi connectivity index (χ3v) is 7.17. The van der Waals surface area contributed by atoms with Gasteiger partial charge in [-0.15, -0.1) is 0 Å².